The lowest BCUT2D eigenvalue weighted by molar-refractivity contribution is 0.130. The van der Waals surface area contributed by atoms with Crippen LogP contribution >= 0.6 is 0 Å². The van der Waals surface area contributed by atoms with Crippen molar-refractivity contribution in [2.45, 2.75) is 57.8 Å². The Balaban J connectivity index is 1.26. The van der Waals surface area contributed by atoms with E-state index in [4.69, 9.17) is 9.98 Å². The molecule has 1 aromatic carbocycles. The largest absolute Gasteiger partial charge is 0.368 e. The van der Waals surface area contributed by atoms with Crippen molar-refractivity contribution in [2.24, 2.45) is 15.9 Å². The van der Waals surface area contributed by atoms with Crippen LogP contribution in [-0.2, 0) is 13.0 Å². The van der Waals surface area contributed by atoms with Gasteiger partial charge < -0.3 is 15.1 Å². The highest BCUT2D eigenvalue weighted by atomic mass is 15.3. The highest BCUT2D eigenvalue weighted by Gasteiger charge is 2.35. The van der Waals surface area contributed by atoms with E-state index in [9.17, 15) is 0 Å². The van der Waals surface area contributed by atoms with E-state index in [1.165, 1.54) is 16.7 Å². The van der Waals surface area contributed by atoms with Crippen molar-refractivity contribution < 1.29 is 0 Å². The van der Waals surface area contributed by atoms with E-state index in [-0.39, 0.29) is 12.1 Å². The van der Waals surface area contributed by atoms with Crippen LogP contribution < -0.4 is 5.32 Å². The Morgan fingerprint density at radius 1 is 1.06 bits per heavy atom. The summed E-state index contributed by atoms with van der Waals surface area (Å²) in [5.74, 6) is 2.69. The summed E-state index contributed by atoms with van der Waals surface area (Å²) in [5.41, 5.74) is 4.08. The molecule has 0 aromatic heterocycles. The lowest BCUT2D eigenvalue weighted by atomic mass is 9.97. The van der Waals surface area contributed by atoms with E-state index in [2.05, 4.69) is 103 Å². The second-order valence-electron chi connectivity index (χ2n) is 11.2. The number of benzene rings is 1. The van der Waals surface area contributed by atoms with Gasteiger partial charge in [-0.15, -0.1) is 0 Å². The quantitative estimate of drug-likeness (QED) is 0.636. The Labute approximate surface area is 217 Å². The first-order chi connectivity index (χ1) is 17.5. The van der Waals surface area contributed by atoms with Gasteiger partial charge in [-0.25, -0.2) is 0 Å². The number of fused-ring (bicyclic) bond motifs is 1. The maximum absolute atomic E-state index is 5.13. The van der Waals surface area contributed by atoms with Crippen LogP contribution in [0.15, 0.2) is 70.3 Å². The fourth-order valence-corrected chi connectivity index (χ4v) is 5.71. The first-order valence-corrected chi connectivity index (χ1v) is 13.6. The molecule has 0 saturated carbocycles. The molecule has 1 aliphatic carbocycles. The standard InChI is InChI=1S/C30H42N6/c1-22(2)19-24-7-5-6-8-25(24)21-31-30-29-27(13-14-35(29)4)32-28(33-30)20-23-9-11-26(12-10-23)36-17-15-34(3)16-18-36/h5-11,13-14,22,26-27,29H,12,15-21H2,1-4H3,(H,31,32,33). The van der Waals surface area contributed by atoms with Crippen LogP contribution in [0.25, 0.3) is 0 Å². The van der Waals surface area contributed by atoms with Crippen LogP contribution in [0.2, 0.25) is 0 Å². The highest BCUT2D eigenvalue weighted by Crippen LogP contribution is 2.25. The number of aliphatic imine (C=N–C) groups is 2. The maximum Gasteiger partial charge on any atom is 0.127 e. The average molecular weight is 487 g/mol. The van der Waals surface area contributed by atoms with Gasteiger partial charge in [0.1, 0.15) is 17.7 Å². The van der Waals surface area contributed by atoms with E-state index >= 15 is 0 Å². The molecule has 0 spiro atoms. The first kappa shape index (κ1) is 25.0. The van der Waals surface area contributed by atoms with E-state index in [0.29, 0.717) is 18.5 Å². The molecule has 4 aliphatic rings. The van der Waals surface area contributed by atoms with Crippen LogP contribution in [0.1, 0.15) is 37.8 Å². The predicted molar refractivity (Wildman–Crippen MR) is 150 cm³/mol. The number of rotatable bonds is 7. The summed E-state index contributed by atoms with van der Waals surface area (Å²) in [7, 11) is 4.34. The molecule has 6 heteroatoms. The third-order valence-electron chi connectivity index (χ3n) is 7.84. The SMILES string of the molecule is CC(C)Cc1ccccc1CN=C1NC(CC2=CCC(N3CCN(C)CC3)C=C2)=NC2C=CN(C)C12. The van der Waals surface area contributed by atoms with Crippen LogP contribution in [0.4, 0.5) is 0 Å². The van der Waals surface area contributed by atoms with Gasteiger partial charge in [-0.1, -0.05) is 56.3 Å². The molecule has 1 fully saturated rings. The Bertz CT molecular complexity index is 1070. The molecule has 36 heavy (non-hydrogen) atoms. The number of nitrogens with one attached hydrogen (secondary N) is 1. The summed E-state index contributed by atoms with van der Waals surface area (Å²) < 4.78 is 0. The topological polar surface area (TPSA) is 46.5 Å². The minimum absolute atomic E-state index is 0.127. The van der Waals surface area contributed by atoms with Gasteiger partial charge in [0.15, 0.2) is 0 Å². The third-order valence-corrected chi connectivity index (χ3v) is 7.84. The smallest absolute Gasteiger partial charge is 0.127 e. The van der Waals surface area contributed by atoms with E-state index in [1.807, 2.05) is 0 Å². The molecule has 1 saturated heterocycles. The third kappa shape index (κ3) is 5.81. The van der Waals surface area contributed by atoms with E-state index < -0.39 is 0 Å². The summed E-state index contributed by atoms with van der Waals surface area (Å²) in [6.07, 6.45) is 14.5. The molecule has 5 rings (SSSR count). The van der Waals surface area contributed by atoms with Crippen LogP contribution in [0, 0.1) is 5.92 Å². The molecule has 192 valence electrons. The van der Waals surface area contributed by atoms with Crippen molar-refractivity contribution in [3.05, 3.63) is 71.5 Å². The van der Waals surface area contributed by atoms with Crippen molar-refractivity contribution in [3.63, 3.8) is 0 Å². The fourth-order valence-electron chi connectivity index (χ4n) is 5.71. The molecule has 3 heterocycles. The van der Waals surface area contributed by atoms with Gasteiger partial charge in [0.05, 0.1) is 12.6 Å². The number of allylic oxidation sites excluding steroid dienone is 1. The Hall–Kier alpha value is -2.70. The lowest BCUT2D eigenvalue weighted by Crippen LogP contribution is -2.52. The lowest BCUT2D eigenvalue weighted by Gasteiger charge is -2.37. The molecule has 3 atom stereocenters. The normalized spacial score (nSPS) is 27.9. The molecule has 0 amide bonds. The first-order valence-electron chi connectivity index (χ1n) is 13.6. The minimum atomic E-state index is 0.127. The molecule has 6 nitrogen and oxygen atoms in total. The minimum Gasteiger partial charge on any atom is -0.368 e. The molecule has 0 bridgehead atoms. The number of piperazine rings is 1. The van der Waals surface area contributed by atoms with Crippen molar-refractivity contribution in [3.8, 4) is 0 Å². The number of nitrogens with zero attached hydrogens (tertiary/aromatic N) is 5. The predicted octanol–water partition coefficient (Wildman–Crippen LogP) is 3.87. The van der Waals surface area contributed by atoms with Gasteiger partial charge in [-0.2, -0.15) is 0 Å². The van der Waals surface area contributed by atoms with Crippen molar-refractivity contribution in [1.82, 2.24) is 20.0 Å². The molecular formula is C30H42N6. The second kappa shape index (κ2) is 11.1. The fraction of sp³-hybridized carbons (Fsp3) is 0.533. The zero-order chi connectivity index (χ0) is 25.1. The zero-order valence-corrected chi connectivity index (χ0v) is 22.4. The van der Waals surface area contributed by atoms with Gasteiger partial charge in [0.25, 0.3) is 0 Å². The van der Waals surface area contributed by atoms with Crippen molar-refractivity contribution in [2.75, 3.05) is 40.3 Å². The van der Waals surface area contributed by atoms with Gasteiger partial charge >= 0.3 is 0 Å². The van der Waals surface area contributed by atoms with E-state index in [0.717, 1.165) is 57.1 Å². The highest BCUT2D eigenvalue weighted by molar-refractivity contribution is 6.07. The van der Waals surface area contributed by atoms with Gasteiger partial charge in [-0.05, 0) is 54.8 Å². The molecule has 3 unspecified atom stereocenters. The summed E-state index contributed by atoms with van der Waals surface area (Å²) in [6.45, 7) is 9.90. The van der Waals surface area contributed by atoms with Crippen LogP contribution in [0.3, 0.4) is 0 Å². The van der Waals surface area contributed by atoms with Crippen LogP contribution in [-0.4, -0.2) is 84.8 Å². The Kier molecular flexibility index (Phi) is 7.73. The second-order valence-corrected chi connectivity index (χ2v) is 11.2. The Morgan fingerprint density at radius 3 is 2.56 bits per heavy atom. The molecule has 3 aliphatic heterocycles. The maximum atomic E-state index is 5.13. The molecular weight excluding hydrogens is 444 g/mol. The van der Waals surface area contributed by atoms with Crippen molar-refractivity contribution in [1.29, 1.82) is 0 Å². The number of hydrogen-bond acceptors (Lipinski definition) is 5. The summed E-state index contributed by atoms with van der Waals surface area (Å²) in [4.78, 5) is 17.5. The number of likely N-dealkylation sites (N-methyl/N-ethyl adjacent to an activating group) is 2. The number of amidine groups is 2. The zero-order valence-electron chi connectivity index (χ0n) is 22.4. The summed E-state index contributed by atoms with van der Waals surface area (Å²) in [6, 6.07) is 9.56. The average Bonchev–Trinajstić information content (AvgIpc) is 3.24. The monoisotopic (exact) mass is 486 g/mol. The molecule has 1 N–H and O–H groups in total. The summed E-state index contributed by atoms with van der Waals surface area (Å²) in [5, 5.41) is 3.64. The van der Waals surface area contributed by atoms with Crippen molar-refractivity contribution >= 4 is 11.7 Å². The van der Waals surface area contributed by atoms with E-state index in [1.54, 1.807) is 0 Å². The van der Waals surface area contributed by atoms with Gasteiger partial charge in [0, 0.05) is 45.7 Å². The Morgan fingerprint density at radius 2 is 1.83 bits per heavy atom. The van der Waals surface area contributed by atoms with Crippen LogP contribution in [0.5, 0.6) is 0 Å². The van der Waals surface area contributed by atoms with Gasteiger partial charge in [-0.3, -0.25) is 14.9 Å². The van der Waals surface area contributed by atoms with Gasteiger partial charge in [0.2, 0.25) is 0 Å². The number of hydrogen-bond donors (Lipinski definition) is 1. The molecule has 1 aromatic rings. The summed E-state index contributed by atoms with van der Waals surface area (Å²) >= 11 is 0. The molecule has 0 radical (unpaired) electrons.